The molecule has 0 aliphatic rings. The number of aromatic amines is 1. The SMILES string of the molecule is CC(C)c1cc(-c2ccccn2)cc(-c2cccc3c2nc(-c2cc(C(C)(C)C)c[nH]c2=O)n3C)c1. The normalized spacial score (nSPS) is 12.0. The number of hydrogen-bond donors (Lipinski definition) is 1. The first-order valence-electron chi connectivity index (χ1n) is 12.4. The molecule has 0 saturated carbocycles. The Morgan fingerprint density at radius 1 is 0.917 bits per heavy atom. The van der Waals surface area contributed by atoms with E-state index in [1.807, 2.05) is 42.1 Å². The van der Waals surface area contributed by atoms with Gasteiger partial charge in [0.15, 0.2) is 0 Å². The van der Waals surface area contributed by atoms with Crippen LogP contribution in [0.4, 0.5) is 0 Å². The molecular formula is C31H32N4O. The van der Waals surface area contributed by atoms with Gasteiger partial charge in [0, 0.05) is 30.6 Å². The molecule has 36 heavy (non-hydrogen) atoms. The highest BCUT2D eigenvalue weighted by molar-refractivity contribution is 5.95. The summed E-state index contributed by atoms with van der Waals surface area (Å²) in [6, 6.07) is 20.8. The molecule has 0 bridgehead atoms. The third kappa shape index (κ3) is 4.26. The Hall–Kier alpha value is -3.99. The molecule has 5 aromatic rings. The number of fused-ring (bicyclic) bond motifs is 1. The molecule has 0 amide bonds. The molecule has 0 radical (unpaired) electrons. The van der Waals surface area contributed by atoms with E-state index < -0.39 is 0 Å². The van der Waals surface area contributed by atoms with E-state index >= 15 is 0 Å². The molecule has 3 aromatic heterocycles. The highest BCUT2D eigenvalue weighted by atomic mass is 16.1. The van der Waals surface area contributed by atoms with Gasteiger partial charge in [-0.25, -0.2) is 4.98 Å². The van der Waals surface area contributed by atoms with Crippen LogP contribution in [-0.2, 0) is 12.5 Å². The zero-order chi connectivity index (χ0) is 25.6. The monoisotopic (exact) mass is 476 g/mol. The van der Waals surface area contributed by atoms with Gasteiger partial charge < -0.3 is 9.55 Å². The fourth-order valence-electron chi connectivity index (χ4n) is 4.59. The summed E-state index contributed by atoms with van der Waals surface area (Å²) in [5.74, 6) is 1.03. The Kier molecular flexibility index (Phi) is 5.87. The van der Waals surface area contributed by atoms with Crippen LogP contribution in [0, 0.1) is 0 Å². The second-order valence-corrected chi connectivity index (χ2v) is 10.8. The average molecular weight is 477 g/mol. The van der Waals surface area contributed by atoms with Gasteiger partial charge in [-0.1, -0.05) is 58.9 Å². The molecule has 0 saturated heterocycles. The number of hydrogen-bond acceptors (Lipinski definition) is 3. The number of nitrogens with zero attached hydrogens (tertiary/aromatic N) is 3. The lowest BCUT2D eigenvalue weighted by Gasteiger charge is -2.19. The van der Waals surface area contributed by atoms with Gasteiger partial charge in [-0.05, 0) is 64.4 Å². The van der Waals surface area contributed by atoms with Crippen molar-refractivity contribution in [1.82, 2.24) is 19.5 Å². The van der Waals surface area contributed by atoms with E-state index in [-0.39, 0.29) is 11.0 Å². The molecule has 0 unspecified atom stereocenters. The molecule has 5 heteroatoms. The molecule has 5 nitrogen and oxygen atoms in total. The van der Waals surface area contributed by atoms with Crippen LogP contribution in [-0.4, -0.2) is 19.5 Å². The van der Waals surface area contributed by atoms with Gasteiger partial charge in [0.05, 0.1) is 22.3 Å². The van der Waals surface area contributed by atoms with Crippen LogP contribution in [0.3, 0.4) is 0 Å². The summed E-state index contributed by atoms with van der Waals surface area (Å²) >= 11 is 0. The van der Waals surface area contributed by atoms with Crippen LogP contribution in [0.15, 0.2) is 77.9 Å². The largest absolute Gasteiger partial charge is 0.328 e. The standard InChI is InChI=1S/C31H32N4O/c1-19(2)20-14-21(16-22(15-20)26-11-7-8-13-32-26)24-10-9-12-27-28(24)34-29(35(27)6)25-17-23(31(3,4)5)18-33-30(25)36/h7-19H,1-6H3,(H,33,36). The van der Waals surface area contributed by atoms with Crippen molar-refractivity contribution in [3.63, 3.8) is 0 Å². The van der Waals surface area contributed by atoms with E-state index in [9.17, 15) is 4.79 Å². The van der Waals surface area contributed by atoms with Crippen molar-refractivity contribution in [2.24, 2.45) is 7.05 Å². The van der Waals surface area contributed by atoms with E-state index in [1.165, 1.54) is 5.56 Å². The summed E-state index contributed by atoms with van der Waals surface area (Å²) in [6.45, 7) is 10.8. The molecule has 1 N–H and O–H groups in total. The smallest absolute Gasteiger partial charge is 0.258 e. The molecule has 3 heterocycles. The summed E-state index contributed by atoms with van der Waals surface area (Å²) < 4.78 is 2.02. The van der Waals surface area contributed by atoms with Crippen LogP contribution < -0.4 is 5.56 Å². The Bertz CT molecular complexity index is 1620. The van der Waals surface area contributed by atoms with E-state index in [0.29, 0.717) is 17.3 Å². The highest BCUT2D eigenvalue weighted by Crippen LogP contribution is 2.35. The zero-order valence-corrected chi connectivity index (χ0v) is 21.8. The van der Waals surface area contributed by atoms with Gasteiger partial charge in [0.2, 0.25) is 0 Å². The third-order valence-electron chi connectivity index (χ3n) is 6.82. The number of rotatable bonds is 4. The summed E-state index contributed by atoms with van der Waals surface area (Å²) in [4.78, 5) is 25.4. The van der Waals surface area contributed by atoms with Gasteiger partial charge in [0.25, 0.3) is 5.56 Å². The fraction of sp³-hybridized carbons (Fsp3) is 0.258. The molecule has 0 aliphatic carbocycles. The molecular weight excluding hydrogens is 444 g/mol. The number of aromatic nitrogens is 4. The Labute approximate surface area is 211 Å². The van der Waals surface area contributed by atoms with Crippen LogP contribution in [0.5, 0.6) is 0 Å². The second kappa shape index (κ2) is 8.90. The number of benzene rings is 2. The first-order valence-corrected chi connectivity index (χ1v) is 12.4. The zero-order valence-electron chi connectivity index (χ0n) is 21.8. The van der Waals surface area contributed by atoms with Crippen molar-refractivity contribution in [1.29, 1.82) is 0 Å². The van der Waals surface area contributed by atoms with E-state index in [1.54, 1.807) is 6.20 Å². The van der Waals surface area contributed by atoms with Gasteiger partial charge in [-0.3, -0.25) is 9.78 Å². The van der Waals surface area contributed by atoms with Crippen molar-refractivity contribution in [2.45, 2.75) is 46.0 Å². The molecule has 0 spiro atoms. The van der Waals surface area contributed by atoms with Crippen LogP contribution >= 0.6 is 0 Å². The van der Waals surface area contributed by atoms with E-state index in [4.69, 9.17) is 4.98 Å². The van der Waals surface area contributed by atoms with Crippen LogP contribution in [0.1, 0.15) is 51.7 Å². The highest BCUT2D eigenvalue weighted by Gasteiger charge is 2.20. The molecule has 5 rings (SSSR count). The number of H-pyrrole nitrogens is 1. The van der Waals surface area contributed by atoms with E-state index in [0.717, 1.165) is 39.0 Å². The molecule has 0 atom stereocenters. The molecule has 182 valence electrons. The van der Waals surface area contributed by atoms with E-state index in [2.05, 4.69) is 81.0 Å². The van der Waals surface area contributed by atoms with Crippen molar-refractivity contribution >= 4 is 11.0 Å². The summed E-state index contributed by atoms with van der Waals surface area (Å²) in [6.07, 6.45) is 3.63. The third-order valence-corrected chi connectivity index (χ3v) is 6.82. The second-order valence-electron chi connectivity index (χ2n) is 10.8. The lowest BCUT2D eigenvalue weighted by Crippen LogP contribution is -2.17. The van der Waals surface area contributed by atoms with Gasteiger partial charge in [-0.15, -0.1) is 0 Å². The maximum atomic E-state index is 12.9. The van der Waals surface area contributed by atoms with Crippen LogP contribution in [0.2, 0.25) is 0 Å². The Morgan fingerprint density at radius 3 is 2.39 bits per heavy atom. The predicted molar refractivity (Wildman–Crippen MR) is 148 cm³/mol. The topological polar surface area (TPSA) is 63.6 Å². The van der Waals surface area contributed by atoms with Crippen molar-refractivity contribution in [3.8, 4) is 33.8 Å². The number of aryl methyl sites for hydroxylation is 1. The number of pyridine rings is 2. The Balaban J connectivity index is 1.73. The first kappa shape index (κ1) is 23.7. The minimum atomic E-state index is -0.137. The van der Waals surface area contributed by atoms with Gasteiger partial charge >= 0.3 is 0 Å². The maximum absolute atomic E-state index is 12.9. The van der Waals surface area contributed by atoms with Crippen molar-refractivity contribution in [2.75, 3.05) is 0 Å². The molecule has 0 fully saturated rings. The van der Waals surface area contributed by atoms with Crippen molar-refractivity contribution < 1.29 is 0 Å². The molecule has 0 aliphatic heterocycles. The maximum Gasteiger partial charge on any atom is 0.258 e. The molecule has 2 aromatic carbocycles. The number of para-hydroxylation sites is 1. The summed E-state index contributed by atoms with van der Waals surface area (Å²) in [7, 11) is 1.97. The van der Waals surface area contributed by atoms with Crippen molar-refractivity contribution in [3.05, 3.63) is 94.5 Å². The first-order chi connectivity index (χ1) is 17.1. The number of nitrogens with one attached hydrogen (secondary N) is 1. The number of imidazole rings is 1. The van der Waals surface area contributed by atoms with Gasteiger partial charge in [0.1, 0.15) is 5.82 Å². The minimum Gasteiger partial charge on any atom is -0.328 e. The average Bonchev–Trinajstić information content (AvgIpc) is 3.20. The van der Waals surface area contributed by atoms with Crippen LogP contribution in [0.25, 0.3) is 44.8 Å². The minimum absolute atomic E-state index is 0.0894. The summed E-state index contributed by atoms with van der Waals surface area (Å²) in [5, 5.41) is 0. The summed E-state index contributed by atoms with van der Waals surface area (Å²) in [5.41, 5.74) is 8.69. The lowest BCUT2D eigenvalue weighted by molar-refractivity contribution is 0.587. The Morgan fingerprint density at radius 2 is 1.69 bits per heavy atom. The fourth-order valence-corrected chi connectivity index (χ4v) is 4.59. The lowest BCUT2D eigenvalue weighted by atomic mass is 9.87. The van der Waals surface area contributed by atoms with Gasteiger partial charge in [-0.2, -0.15) is 0 Å². The quantitative estimate of drug-likeness (QED) is 0.301. The predicted octanol–water partition coefficient (Wildman–Crippen LogP) is 7.08.